The van der Waals surface area contributed by atoms with Crippen LogP contribution in [0.3, 0.4) is 0 Å². The first kappa shape index (κ1) is 17.7. The number of aromatic nitrogens is 1. The number of carbonyl (C=O) groups excluding carboxylic acids is 1. The third-order valence-electron chi connectivity index (χ3n) is 4.79. The van der Waals surface area contributed by atoms with Crippen LogP contribution in [-0.2, 0) is 4.79 Å². The first-order chi connectivity index (χ1) is 11.8. The molecule has 0 aromatic carbocycles. The highest BCUT2D eigenvalue weighted by Gasteiger charge is 2.30. The number of thioether (sulfide) groups is 1. The lowest BCUT2D eigenvalue weighted by Gasteiger charge is -2.20. The van der Waals surface area contributed by atoms with Gasteiger partial charge in [-0.1, -0.05) is 25.3 Å². The van der Waals surface area contributed by atoms with E-state index in [-0.39, 0.29) is 18.0 Å². The molecule has 1 amide bonds. The molecule has 24 heavy (non-hydrogen) atoms. The molecule has 5 nitrogen and oxygen atoms in total. The maximum atomic E-state index is 12.2. The summed E-state index contributed by atoms with van der Waals surface area (Å²) in [5.41, 5.74) is 7.24. The quantitative estimate of drug-likeness (QED) is 0.661. The Labute approximate surface area is 148 Å². The molecule has 2 unspecified atom stereocenters. The van der Waals surface area contributed by atoms with Crippen molar-refractivity contribution in [2.75, 3.05) is 12.3 Å². The number of nitrogens with one attached hydrogen (secondary N) is 3. The average molecular weight is 349 g/mol. The smallest absolute Gasteiger partial charge is 0.238 e. The summed E-state index contributed by atoms with van der Waals surface area (Å²) >= 11 is 2.09. The SMILES string of the molecule is O=C(NCCCSC1CCCCC1)C1CC(c2ccccn2)NN1. The molecule has 3 N–H and O–H groups in total. The third-order valence-corrected chi connectivity index (χ3v) is 6.26. The van der Waals surface area contributed by atoms with E-state index in [0.29, 0.717) is 0 Å². The number of pyridine rings is 1. The molecule has 6 heteroatoms. The van der Waals surface area contributed by atoms with Crippen molar-refractivity contribution in [3.05, 3.63) is 30.1 Å². The molecule has 2 fully saturated rings. The molecule has 1 aliphatic heterocycles. The first-order valence-electron chi connectivity index (χ1n) is 9.14. The van der Waals surface area contributed by atoms with Gasteiger partial charge in [0.1, 0.15) is 6.04 Å². The average Bonchev–Trinajstić information content (AvgIpc) is 3.13. The third kappa shape index (κ3) is 5.19. The number of hydrogen-bond donors (Lipinski definition) is 3. The van der Waals surface area contributed by atoms with E-state index in [1.807, 2.05) is 18.2 Å². The summed E-state index contributed by atoms with van der Waals surface area (Å²) in [6, 6.07) is 5.79. The first-order valence-corrected chi connectivity index (χ1v) is 10.2. The standard InChI is InChI=1S/C18H28N4OS/c23-18(20-11-6-12-24-14-7-2-1-3-8-14)17-13-16(21-22-17)15-9-4-5-10-19-15/h4-5,9-10,14,16-17,21-22H,1-3,6-8,11-13H2,(H,20,23). The summed E-state index contributed by atoms with van der Waals surface area (Å²) in [6.45, 7) is 0.769. The molecule has 2 atom stereocenters. The summed E-state index contributed by atoms with van der Waals surface area (Å²) in [7, 11) is 0. The van der Waals surface area contributed by atoms with E-state index in [4.69, 9.17) is 0 Å². The molecule has 1 saturated heterocycles. The number of amides is 1. The molecular formula is C18H28N4OS. The van der Waals surface area contributed by atoms with Crippen molar-refractivity contribution in [3.63, 3.8) is 0 Å². The number of nitrogens with zero attached hydrogens (tertiary/aromatic N) is 1. The van der Waals surface area contributed by atoms with Gasteiger partial charge in [-0.05, 0) is 43.6 Å². The minimum Gasteiger partial charge on any atom is -0.355 e. The fourth-order valence-corrected chi connectivity index (χ4v) is 4.70. The lowest BCUT2D eigenvalue weighted by Crippen LogP contribution is -2.43. The Hall–Kier alpha value is -1.11. The second-order valence-electron chi connectivity index (χ2n) is 6.66. The van der Waals surface area contributed by atoms with Gasteiger partial charge in [-0.25, -0.2) is 10.9 Å². The van der Waals surface area contributed by atoms with E-state index in [1.54, 1.807) is 6.20 Å². The van der Waals surface area contributed by atoms with Gasteiger partial charge in [0.2, 0.25) is 5.91 Å². The van der Waals surface area contributed by atoms with Crippen LogP contribution in [0.15, 0.2) is 24.4 Å². The van der Waals surface area contributed by atoms with Gasteiger partial charge in [-0.3, -0.25) is 9.78 Å². The second-order valence-corrected chi connectivity index (χ2v) is 8.07. The normalized spacial score (nSPS) is 24.8. The van der Waals surface area contributed by atoms with Crippen molar-refractivity contribution in [2.45, 2.75) is 62.3 Å². The largest absolute Gasteiger partial charge is 0.355 e. The monoisotopic (exact) mass is 348 g/mol. The van der Waals surface area contributed by atoms with Crippen LogP contribution >= 0.6 is 11.8 Å². The number of hydrogen-bond acceptors (Lipinski definition) is 5. The highest BCUT2D eigenvalue weighted by molar-refractivity contribution is 7.99. The molecule has 2 aliphatic rings. The molecule has 1 aromatic heterocycles. The Bertz CT molecular complexity index is 507. The van der Waals surface area contributed by atoms with Crippen LogP contribution < -0.4 is 16.2 Å². The molecule has 2 heterocycles. The van der Waals surface area contributed by atoms with E-state index in [1.165, 1.54) is 32.1 Å². The molecule has 1 aromatic rings. The van der Waals surface area contributed by atoms with Crippen LogP contribution in [0.4, 0.5) is 0 Å². The van der Waals surface area contributed by atoms with Crippen LogP contribution in [0.1, 0.15) is 56.7 Å². The van der Waals surface area contributed by atoms with E-state index < -0.39 is 0 Å². The van der Waals surface area contributed by atoms with Gasteiger partial charge in [0.15, 0.2) is 0 Å². The van der Waals surface area contributed by atoms with Crippen molar-refractivity contribution in [2.24, 2.45) is 0 Å². The molecule has 0 bridgehead atoms. The fourth-order valence-electron chi connectivity index (χ4n) is 3.39. The number of carbonyl (C=O) groups is 1. The Morgan fingerprint density at radius 3 is 2.92 bits per heavy atom. The van der Waals surface area contributed by atoms with Crippen molar-refractivity contribution >= 4 is 17.7 Å². The summed E-state index contributed by atoms with van der Waals surface area (Å²) in [5, 5.41) is 3.91. The fraction of sp³-hybridized carbons (Fsp3) is 0.667. The minimum absolute atomic E-state index is 0.0867. The van der Waals surface area contributed by atoms with E-state index in [9.17, 15) is 4.79 Å². The van der Waals surface area contributed by atoms with Crippen LogP contribution in [0.2, 0.25) is 0 Å². The van der Waals surface area contributed by atoms with Crippen molar-refractivity contribution in [1.82, 2.24) is 21.2 Å². The van der Waals surface area contributed by atoms with Gasteiger partial charge in [-0.2, -0.15) is 11.8 Å². The minimum atomic E-state index is -0.178. The van der Waals surface area contributed by atoms with E-state index in [0.717, 1.165) is 36.1 Å². The lowest BCUT2D eigenvalue weighted by molar-refractivity contribution is -0.122. The highest BCUT2D eigenvalue weighted by Crippen LogP contribution is 2.28. The molecular weight excluding hydrogens is 320 g/mol. The van der Waals surface area contributed by atoms with Crippen molar-refractivity contribution < 1.29 is 4.79 Å². The number of rotatable bonds is 7. The molecule has 1 saturated carbocycles. The summed E-state index contributed by atoms with van der Waals surface area (Å²) in [5.74, 6) is 1.24. The van der Waals surface area contributed by atoms with Gasteiger partial charge in [0.05, 0.1) is 11.7 Å². The Morgan fingerprint density at radius 1 is 1.25 bits per heavy atom. The van der Waals surface area contributed by atoms with Gasteiger partial charge in [-0.15, -0.1) is 0 Å². The van der Waals surface area contributed by atoms with Crippen LogP contribution in [0.5, 0.6) is 0 Å². The molecule has 0 spiro atoms. The maximum Gasteiger partial charge on any atom is 0.238 e. The van der Waals surface area contributed by atoms with Gasteiger partial charge in [0, 0.05) is 18.0 Å². The van der Waals surface area contributed by atoms with Gasteiger partial charge < -0.3 is 5.32 Å². The summed E-state index contributed by atoms with van der Waals surface area (Å²) in [6.07, 6.45) is 10.5. The Balaban J connectivity index is 1.30. The zero-order valence-corrected chi connectivity index (χ0v) is 15.0. The van der Waals surface area contributed by atoms with Crippen molar-refractivity contribution in [1.29, 1.82) is 0 Å². The van der Waals surface area contributed by atoms with Crippen LogP contribution in [0, 0.1) is 0 Å². The Kier molecular flexibility index (Phi) is 6.93. The molecule has 132 valence electrons. The van der Waals surface area contributed by atoms with Crippen molar-refractivity contribution in [3.8, 4) is 0 Å². The summed E-state index contributed by atoms with van der Waals surface area (Å²) in [4.78, 5) is 16.6. The topological polar surface area (TPSA) is 66.0 Å². The zero-order chi connectivity index (χ0) is 16.6. The number of hydrazine groups is 1. The molecule has 3 rings (SSSR count). The Morgan fingerprint density at radius 2 is 2.12 bits per heavy atom. The molecule has 1 aliphatic carbocycles. The lowest BCUT2D eigenvalue weighted by atomic mass is 10.0. The van der Waals surface area contributed by atoms with Gasteiger partial charge >= 0.3 is 0 Å². The summed E-state index contributed by atoms with van der Waals surface area (Å²) < 4.78 is 0. The predicted octanol–water partition coefficient (Wildman–Crippen LogP) is 2.56. The van der Waals surface area contributed by atoms with Crippen LogP contribution in [0.25, 0.3) is 0 Å². The zero-order valence-electron chi connectivity index (χ0n) is 14.2. The maximum absolute atomic E-state index is 12.2. The second kappa shape index (κ2) is 9.39. The highest BCUT2D eigenvalue weighted by atomic mass is 32.2. The van der Waals surface area contributed by atoms with E-state index >= 15 is 0 Å². The predicted molar refractivity (Wildman–Crippen MR) is 98.6 cm³/mol. The van der Waals surface area contributed by atoms with Crippen LogP contribution in [-0.4, -0.2) is 34.5 Å². The van der Waals surface area contributed by atoms with E-state index in [2.05, 4.69) is 32.9 Å². The molecule has 0 radical (unpaired) electrons. The van der Waals surface area contributed by atoms with Gasteiger partial charge in [0.25, 0.3) is 0 Å².